The molecule has 19 heavy (non-hydrogen) atoms. The van der Waals surface area contributed by atoms with Gasteiger partial charge in [-0.2, -0.15) is 0 Å². The second-order valence-corrected chi connectivity index (χ2v) is 5.06. The summed E-state index contributed by atoms with van der Waals surface area (Å²) in [6, 6.07) is 5.45. The van der Waals surface area contributed by atoms with Gasteiger partial charge in [-0.05, 0) is 23.8 Å². The fourth-order valence-electron chi connectivity index (χ4n) is 1.82. The third-order valence-corrected chi connectivity index (χ3v) is 3.87. The summed E-state index contributed by atoms with van der Waals surface area (Å²) in [7, 11) is -0.740. The van der Waals surface area contributed by atoms with Crippen LogP contribution >= 0.6 is 11.8 Å². The second-order valence-electron chi connectivity index (χ2n) is 3.92. The minimum Gasteiger partial charge on any atom is -0.497 e. The van der Waals surface area contributed by atoms with E-state index in [4.69, 9.17) is 7.48 Å². The number of nitrogens with zero attached hydrogens (tertiary/aromatic N) is 1. The molecule has 0 radical (unpaired) electrons. The molecule has 0 bridgehead atoms. The summed E-state index contributed by atoms with van der Waals surface area (Å²) in [4.78, 5) is 25.8. The molecule has 0 aliphatic carbocycles. The zero-order chi connectivity index (χ0) is 15.2. The monoisotopic (exact) mass is 285 g/mol. The largest absolute Gasteiger partial charge is 0.497 e. The average molecular weight is 285 g/mol. The van der Waals surface area contributed by atoms with Gasteiger partial charge >= 0.3 is 11.9 Å². The Kier molecular flexibility index (Phi) is 3.51. The highest BCUT2D eigenvalue weighted by atomic mass is 32.2. The third kappa shape index (κ3) is 3.01. The van der Waals surface area contributed by atoms with Crippen molar-refractivity contribution in [3.05, 3.63) is 23.8 Å². The molecule has 1 aromatic rings. The average Bonchev–Trinajstić information content (AvgIpc) is 2.68. The predicted molar refractivity (Wildman–Crippen MR) is 71.2 cm³/mol. The van der Waals surface area contributed by atoms with E-state index in [2.05, 4.69) is 4.74 Å². The molecular weight excluding hydrogens is 266 g/mol. The number of fused-ring (bicyclic) bond motifs is 1. The standard InChI is InChI=1S/C13H15NO4S/c1-17-10-3-4-11-9(7-10)8-14(5-6-19-11)12(15)13(16)18-2/h3-4,7H,5-6,8H2,1-2H3/i1T,2T. The molecule has 5 nitrogen and oxygen atoms in total. The summed E-state index contributed by atoms with van der Waals surface area (Å²) < 4.78 is 23.4. The van der Waals surface area contributed by atoms with Gasteiger partial charge in [0.1, 0.15) is 5.75 Å². The van der Waals surface area contributed by atoms with Crippen molar-refractivity contribution in [1.29, 1.82) is 0 Å². The van der Waals surface area contributed by atoms with E-state index >= 15 is 0 Å². The molecule has 1 heterocycles. The Morgan fingerprint density at radius 2 is 2.32 bits per heavy atom. The molecule has 0 unspecified atom stereocenters. The lowest BCUT2D eigenvalue weighted by Crippen LogP contribution is -2.37. The van der Waals surface area contributed by atoms with Crippen molar-refractivity contribution in [2.45, 2.75) is 11.4 Å². The summed E-state index contributed by atoms with van der Waals surface area (Å²) in [5.41, 5.74) is 0.871. The van der Waals surface area contributed by atoms with Gasteiger partial charge in [-0.1, -0.05) is 0 Å². The summed E-state index contributed by atoms with van der Waals surface area (Å²) in [5.74, 6) is -0.502. The van der Waals surface area contributed by atoms with Crippen molar-refractivity contribution in [2.75, 3.05) is 26.5 Å². The van der Waals surface area contributed by atoms with Gasteiger partial charge in [0, 0.05) is 23.7 Å². The number of carbonyl (C=O) groups is 2. The van der Waals surface area contributed by atoms with Gasteiger partial charge in [-0.15, -0.1) is 11.8 Å². The van der Waals surface area contributed by atoms with E-state index in [0.717, 1.165) is 10.5 Å². The molecule has 0 saturated carbocycles. The zero-order valence-corrected chi connectivity index (χ0v) is 11.1. The van der Waals surface area contributed by atoms with Crippen LogP contribution in [-0.4, -0.2) is 43.2 Å². The SMILES string of the molecule is [3H]COC(=O)C(=O)N1CCSc2ccc(OC[3H])cc2C1. The van der Waals surface area contributed by atoms with Crippen LogP contribution in [0.4, 0.5) is 0 Å². The van der Waals surface area contributed by atoms with Crippen molar-refractivity contribution in [1.82, 2.24) is 4.90 Å². The Balaban J connectivity index is 2.17. The van der Waals surface area contributed by atoms with Crippen molar-refractivity contribution in [3.63, 3.8) is 0 Å². The Morgan fingerprint density at radius 3 is 3.11 bits per heavy atom. The second kappa shape index (κ2) is 5.97. The summed E-state index contributed by atoms with van der Waals surface area (Å²) in [5, 5.41) is 0. The maximum Gasteiger partial charge on any atom is 0.396 e. The zero-order valence-electron chi connectivity index (χ0n) is 12.3. The number of hydrogen-bond acceptors (Lipinski definition) is 5. The molecule has 0 aromatic heterocycles. The van der Waals surface area contributed by atoms with Crippen LogP contribution in [0.1, 0.15) is 8.30 Å². The van der Waals surface area contributed by atoms with E-state index in [1.54, 1.807) is 23.9 Å². The number of methoxy groups -OCH3 is 2. The van der Waals surface area contributed by atoms with Crippen molar-refractivity contribution < 1.29 is 21.8 Å². The Labute approximate surface area is 118 Å². The molecule has 1 aliphatic heterocycles. The molecule has 0 N–H and O–H groups in total. The first-order valence-corrected chi connectivity index (χ1v) is 6.57. The van der Waals surface area contributed by atoms with Crippen LogP contribution in [0, 0.1) is 0 Å². The van der Waals surface area contributed by atoms with Crippen molar-refractivity contribution in [3.8, 4) is 5.75 Å². The molecule has 6 heteroatoms. The van der Waals surface area contributed by atoms with Gasteiger partial charge in [0.05, 0.1) is 16.9 Å². The van der Waals surface area contributed by atoms with E-state index in [1.165, 1.54) is 4.90 Å². The topological polar surface area (TPSA) is 55.8 Å². The minimum atomic E-state index is -1.00. The van der Waals surface area contributed by atoms with Crippen LogP contribution in [0.25, 0.3) is 0 Å². The number of hydrogen-bond donors (Lipinski definition) is 0. The van der Waals surface area contributed by atoms with Crippen LogP contribution in [-0.2, 0) is 20.9 Å². The number of thioether (sulfide) groups is 1. The molecule has 2 rings (SSSR count). The van der Waals surface area contributed by atoms with Crippen LogP contribution < -0.4 is 4.74 Å². The minimum absolute atomic E-state index is 0.176. The van der Waals surface area contributed by atoms with Gasteiger partial charge in [-0.3, -0.25) is 4.79 Å². The van der Waals surface area contributed by atoms with Gasteiger partial charge in [-0.25, -0.2) is 4.79 Å². The number of benzene rings is 1. The van der Waals surface area contributed by atoms with Gasteiger partial charge in [0.2, 0.25) is 0 Å². The maximum absolute atomic E-state index is 12.0. The lowest BCUT2D eigenvalue weighted by Gasteiger charge is -2.19. The predicted octanol–water partition coefficient (Wildman–Crippen LogP) is 1.30. The van der Waals surface area contributed by atoms with Crippen molar-refractivity contribution >= 4 is 23.6 Å². The number of esters is 1. The molecule has 0 saturated heterocycles. The first kappa shape index (κ1) is 11.2. The first-order chi connectivity index (χ1) is 10.2. The number of carbonyl (C=O) groups excluding carboxylic acids is 2. The fraction of sp³-hybridized carbons (Fsp3) is 0.385. The van der Waals surface area contributed by atoms with Gasteiger partial charge in [0.15, 0.2) is 0 Å². The van der Waals surface area contributed by atoms with Crippen LogP contribution in [0.15, 0.2) is 23.1 Å². The molecule has 1 aliphatic rings. The lowest BCUT2D eigenvalue weighted by atomic mass is 10.2. The molecular formula is C13H15NO4S. The third-order valence-electron chi connectivity index (χ3n) is 2.77. The quantitative estimate of drug-likeness (QED) is 0.575. The summed E-state index contributed by atoms with van der Waals surface area (Å²) >= 11 is 1.60. The van der Waals surface area contributed by atoms with Gasteiger partial charge in [0.25, 0.3) is 0 Å². The smallest absolute Gasteiger partial charge is 0.396 e. The van der Waals surface area contributed by atoms with E-state index < -0.39 is 19.0 Å². The highest BCUT2D eigenvalue weighted by molar-refractivity contribution is 7.99. The number of rotatable bonds is 1. The Bertz CT molecular complexity index is 541. The molecule has 0 spiro atoms. The van der Waals surface area contributed by atoms with Crippen LogP contribution in [0.2, 0.25) is 0 Å². The van der Waals surface area contributed by atoms with Crippen LogP contribution in [0.3, 0.4) is 0 Å². The lowest BCUT2D eigenvalue weighted by molar-refractivity contribution is -0.158. The van der Waals surface area contributed by atoms with E-state index in [9.17, 15) is 9.59 Å². The number of amides is 1. The Morgan fingerprint density at radius 1 is 1.42 bits per heavy atom. The number of ether oxygens (including phenoxy) is 2. The summed E-state index contributed by atoms with van der Waals surface area (Å²) in [6.45, 7) is 0.712. The van der Waals surface area contributed by atoms with E-state index in [1.807, 2.05) is 6.07 Å². The van der Waals surface area contributed by atoms with Gasteiger partial charge < -0.3 is 14.4 Å². The maximum atomic E-state index is 12.0. The van der Waals surface area contributed by atoms with Crippen molar-refractivity contribution in [2.24, 2.45) is 0 Å². The molecule has 1 aromatic carbocycles. The first-order valence-electron chi connectivity index (χ1n) is 7.00. The highest BCUT2D eigenvalue weighted by Crippen LogP contribution is 2.30. The molecule has 102 valence electrons. The molecule has 1 amide bonds. The molecule has 0 atom stereocenters. The van der Waals surface area contributed by atoms with Crippen LogP contribution in [0.5, 0.6) is 5.75 Å². The van der Waals surface area contributed by atoms with E-state index in [0.29, 0.717) is 18.0 Å². The fourth-order valence-corrected chi connectivity index (χ4v) is 2.83. The summed E-state index contributed by atoms with van der Waals surface area (Å²) in [6.07, 6.45) is 0. The van der Waals surface area contributed by atoms with E-state index in [-0.39, 0.29) is 13.6 Å². The normalized spacial score (nSPS) is 15.7. The Hall–Kier alpha value is -1.69. The molecule has 0 fully saturated rings. The highest BCUT2D eigenvalue weighted by Gasteiger charge is 2.25.